The minimum absolute atomic E-state index is 0.0538. The number of anilines is 1. The molecule has 0 saturated carbocycles. The Kier molecular flexibility index (Phi) is 4.80. The van der Waals surface area contributed by atoms with Crippen molar-refractivity contribution >= 4 is 29.0 Å². The number of nitrogens with one attached hydrogen (secondary N) is 3. The highest BCUT2D eigenvalue weighted by atomic mass is 32.1. The van der Waals surface area contributed by atoms with Crippen molar-refractivity contribution in [1.82, 2.24) is 15.6 Å². The molecule has 0 aliphatic carbocycles. The van der Waals surface area contributed by atoms with Gasteiger partial charge in [0.15, 0.2) is 0 Å². The van der Waals surface area contributed by atoms with Gasteiger partial charge in [-0.15, -0.1) is 11.3 Å². The minimum atomic E-state index is -0.223. The summed E-state index contributed by atoms with van der Waals surface area (Å²) < 4.78 is 0. The zero-order valence-electron chi connectivity index (χ0n) is 13.7. The highest BCUT2D eigenvalue weighted by molar-refractivity contribution is 7.09. The van der Waals surface area contributed by atoms with Crippen molar-refractivity contribution in [2.75, 3.05) is 5.32 Å². The molecule has 7 heteroatoms. The number of hydrogen-bond donors (Lipinski definition) is 3. The van der Waals surface area contributed by atoms with E-state index < -0.39 is 0 Å². The second-order valence-corrected chi connectivity index (χ2v) is 6.93. The summed E-state index contributed by atoms with van der Waals surface area (Å²) in [6, 6.07) is 5.53. The average Bonchev–Trinajstić information content (AvgIpc) is 2.98. The van der Waals surface area contributed by atoms with Crippen LogP contribution in [0.4, 0.5) is 10.5 Å². The van der Waals surface area contributed by atoms with Crippen LogP contribution in [-0.4, -0.2) is 16.9 Å². The van der Waals surface area contributed by atoms with Gasteiger partial charge in [-0.25, -0.2) is 9.78 Å². The van der Waals surface area contributed by atoms with Crippen LogP contribution < -0.4 is 16.0 Å². The number of carbonyl (C=O) groups excluding carboxylic acids is 2. The molecule has 3 N–H and O–H groups in total. The third-order valence-corrected chi connectivity index (χ3v) is 4.79. The van der Waals surface area contributed by atoms with Gasteiger partial charge in [-0.2, -0.15) is 0 Å². The van der Waals surface area contributed by atoms with Crippen molar-refractivity contribution in [2.45, 2.75) is 39.3 Å². The predicted octanol–water partition coefficient (Wildman–Crippen LogP) is 2.90. The molecule has 1 aromatic heterocycles. The monoisotopic (exact) mass is 344 g/mol. The lowest BCUT2D eigenvalue weighted by Gasteiger charge is -2.20. The molecule has 1 atom stereocenters. The van der Waals surface area contributed by atoms with Gasteiger partial charge >= 0.3 is 6.03 Å². The number of urea groups is 1. The van der Waals surface area contributed by atoms with E-state index >= 15 is 0 Å². The molecule has 0 spiro atoms. The topological polar surface area (TPSA) is 83.1 Å². The summed E-state index contributed by atoms with van der Waals surface area (Å²) in [4.78, 5) is 27.8. The fraction of sp³-hybridized carbons (Fsp3) is 0.353. The fourth-order valence-corrected chi connectivity index (χ4v) is 3.28. The lowest BCUT2D eigenvalue weighted by atomic mass is 9.98. The third-order valence-electron chi connectivity index (χ3n) is 3.97. The summed E-state index contributed by atoms with van der Waals surface area (Å²) in [5, 5.41) is 11.5. The number of aryl methyl sites for hydroxylation is 2. The van der Waals surface area contributed by atoms with E-state index in [2.05, 4.69) is 20.9 Å². The van der Waals surface area contributed by atoms with E-state index in [1.165, 1.54) is 0 Å². The Balaban J connectivity index is 1.57. The van der Waals surface area contributed by atoms with Crippen molar-refractivity contribution in [3.8, 4) is 0 Å². The number of amides is 3. The molecular weight excluding hydrogens is 324 g/mol. The summed E-state index contributed by atoms with van der Waals surface area (Å²) in [6.45, 7) is 4.30. The Bertz CT molecular complexity index is 772. The van der Waals surface area contributed by atoms with Gasteiger partial charge in [-0.3, -0.25) is 4.79 Å². The van der Waals surface area contributed by atoms with Crippen LogP contribution in [0.5, 0.6) is 0 Å². The number of hydrogen-bond acceptors (Lipinski definition) is 4. The maximum atomic E-state index is 12.0. The smallest absolute Gasteiger partial charge is 0.315 e. The molecule has 0 bridgehead atoms. The lowest BCUT2D eigenvalue weighted by molar-refractivity contribution is -0.116. The van der Waals surface area contributed by atoms with Crippen molar-refractivity contribution in [3.63, 3.8) is 0 Å². The zero-order valence-corrected chi connectivity index (χ0v) is 14.5. The second kappa shape index (κ2) is 7.00. The molecule has 0 fully saturated rings. The fourth-order valence-electron chi connectivity index (χ4n) is 2.66. The summed E-state index contributed by atoms with van der Waals surface area (Å²) in [7, 11) is 0. The third kappa shape index (κ3) is 3.91. The highest BCUT2D eigenvalue weighted by Crippen LogP contribution is 2.26. The van der Waals surface area contributed by atoms with E-state index in [1.807, 2.05) is 37.4 Å². The minimum Gasteiger partial charge on any atom is -0.332 e. The molecule has 0 saturated heterocycles. The summed E-state index contributed by atoms with van der Waals surface area (Å²) in [5.74, 6) is 0.0538. The average molecular weight is 344 g/mol. The molecule has 2 heterocycles. The Morgan fingerprint density at radius 2 is 2.25 bits per heavy atom. The van der Waals surface area contributed by atoms with Crippen LogP contribution >= 0.6 is 11.3 Å². The standard InChI is InChI=1S/C17H20N4O2S/c1-10(19-17(23)18-8-14-9-24-11(2)20-14)12-3-5-15-13(7-12)4-6-16(22)21-15/h3,5,7,9-10H,4,6,8H2,1-2H3,(H,21,22)(H2,18,19,23). The van der Waals surface area contributed by atoms with Crippen LogP contribution in [0.1, 0.15) is 41.2 Å². The molecule has 1 unspecified atom stereocenters. The van der Waals surface area contributed by atoms with E-state index in [0.29, 0.717) is 13.0 Å². The Hall–Kier alpha value is -2.41. The van der Waals surface area contributed by atoms with Crippen molar-refractivity contribution in [3.05, 3.63) is 45.4 Å². The van der Waals surface area contributed by atoms with Gasteiger partial charge < -0.3 is 16.0 Å². The zero-order chi connectivity index (χ0) is 17.1. The molecule has 1 aliphatic heterocycles. The Morgan fingerprint density at radius 1 is 1.42 bits per heavy atom. The maximum Gasteiger partial charge on any atom is 0.315 e. The normalized spacial score (nSPS) is 14.5. The molecule has 0 radical (unpaired) electrons. The summed E-state index contributed by atoms with van der Waals surface area (Å²) in [5.41, 5.74) is 3.86. The van der Waals surface area contributed by atoms with Gasteiger partial charge in [0, 0.05) is 17.5 Å². The van der Waals surface area contributed by atoms with Gasteiger partial charge in [0.05, 0.1) is 23.3 Å². The summed E-state index contributed by atoms with van der Waals surface area (Å²) in [6.07, 6.45) is 1.24. The lowest BCUT2D eigenvalue weighted by Crippen LogP contribution is -2.36. The van der Waals surface area contributed by atoms with Crippen LogP contribution in [0.15, 0.2) is 23.6 Å². The number of nitrogens with zero attached hydrogens (tertiary/aromatic N) is 1. The second-order valence-electron chi connectivity index (χ2n) is 5.87. The van der Waals surface area contributed by atoms with E-state index in [9.17, 15) is 9.59 Å². The SMILES string of the molecule is Cc1nc(CNC(=O)NC(C)c2ccc3c(c2)CCC(=O)N3)cs1. The van der Waals surface area contributed by atoms with Gasteiger partial charge in [-0.1, -0.05) is 12.1 Å². The molecule has 2 aromatic rings. The molecule has 126 valence electrons. The highest BCUT2D eigenvalue weighted by Gasteiger charge is 2.17. The van der Waals surface area contributed by atoms with Gasteiger partial charge in [0.25, 0.3) is 0 Å². The van der Waals surface area contributed by atoms with E-state index in [1.54, 1.807) is 11.3 Å². The quantitative estimate of drug-likeness (QED) is 0.797. The molecule has 1 aromatic carbocycles. The van der Waals surface area contributed by atoms with Crippen molar-refractivity contribution in [2.24, 2.45) is 0 Å². The first-order chi connectivity index (χ1) is 11.5. The number of benzene rings is 1. The number of rotatable bonds is 4. The molecule has 1 aliphatic rings. The summed E-state index contributed by atoms with van der Waals surface area (Å²) >= 11 is 1.57. The molecular formula is C17H20N4O2S. The van der Waals surface area contributed by atoms with Crippen molar-refractivity contribution < 1.29 is 9.59 Å². The van der Waals surface area contributed by atoms with Crippen LogP contribution in [0, 0.1) is 6.92 Å². The van der Waals surface area contributed by atoms with Crippen LogP contribution in [-0.2, 0) is 17.8 Å². The maximum absolute atomic E-state index is 12.0. The Labute approximate surface area is 144 Å². The first-order valence-electron chi connectivity index (χ1n) is 7.89. The molecule has 3 rings (SSSR count). The largest absolute Gasteiger partial charge is 0.332 e. The van der Waals surface area contributed by atoms with Gasteiger partial charge in [0.2, 0.25) is 5.91 Å². The van der Waals surface area contributed by atoms with E-state index in [0.717, 1.165) is 33.9 Å². The van der Waals surface area contributed by atoms with Crippen molar-refractivity contribution in [1.29, 1.82) is 0 Å². The van der Waals surface area contributed by atoms with Gasteiger partial charge in [0.1, 0.15) is 0 Å². The first-order valence-corrected chi connectivity index (χ1v) is 8.77. The van der Waals surface area contributed by atoms with E-state index in [-0.39, 0.29) is 18.0 Å². The first kappa shape index (κ1) is 16.4. The number of aromatic nitrogens is 1. The number of thiazole rings is 1. The predicted molar refractivity (Wildman–Crippen MR) is 94.0 cm³/mol. The molecule has 3 amide bonds. The van der Waals surface area contributed by atoms with Gasteiger partial charge in [-0.05, 0) is 37.5 Å². The number of carbonyl (C=O) groups is 2. The van der Waals surface area contributed by atoms with E-state index in [4.69, 9.17) is 0 Å². The Morgan fingerprint density at radius 3 is 3.00 bits per heavy atom. The molecule has 24 heavy (non-hydrogen) atoms. The van der Waals surface area contributed by atoms with Crippen LogP contribution in [0.2, 0.25) is 0 Å². The van der Waals surface area contributed by atoms with Crippen LogP contribution in [0.3, 0.4) is 0 Å². The van der Waals surface area contributed by atoms with Crippen LogP contribution in [0.25, 0.3) is 0 Å². The number of fused-ring (bicyclic) bond motifs is 1. The molecule has 6 nitrogen and oxygen atoms in total.